The van der Waals surface area contributed by atoms with Crippen LogP contribution in [0.2, 0.25) is 0 Å². The maximum absolute atomic E-state index is 5.92. The molecule has 90 heavy (non-hydrogen) atoms. The highest BCUT2D eigenvalue weighted by atomic mass is 16.9. The molecule has 0 saturated carbocycles. The molecular weight excluding hydrogens is 1140 g/mol. The molecule has 0 aliphatic rings. The Morgan fingerprint density at radius 2 is 0.789 bits per heavy atom. The zero-order chi connectivity index (χ0) is 67.6. The van der Waals surface area contributed by atoms with E-state index in [4.69, 9.17) is 66.3 Å². The minimum atomic E-state index is -1.06. The minimum absolute atomic E-state index is 0.177. The van der Waals surface area contributed by atoms with Crippen molar-refractivity contribution in [3.8, 4) is 23.0 Å². The number of hydrogen-bond donors (Lipinski definition) is 0. The molecule has 0 radical (unpaired) electrons. The third kappa shape index (κ3) is 37.1. The van der Waals surface area contributed by atoms with E-state index in [2.05, 4.69) is 72.7 Å². The van der Waals surface area contributed by atoms with Gasteiger partial charge in [-0.15, -0.1) is 0 Å². The van der Waals surface area contributed by atoms with E-state index >= 15 is 0 Å². The average molecular weight is 1280 g/mol. The van der Waals surface area contributed by atoms with Gasteiger partial charge in [-0.2, -0.15) is 0 Å². The lowest BCUT2D eigenvalue weighted by atomic mass is 9.88. The highest BCUT2D eigenvalue weighted by Crippen LogP contribution is 2.51. The molecule has 0 saturated heterocycles. The number of rotatable bonds is 50. The molecule has 0 aliphatic carbocycles. The van der Waals surface area contributed by atoms with Crippen molar-refractivity contribution in [2.45, 2.75) is 280 Å². The number of ether oxygens (including phenoxy) is 14. The molecule has 3 aromatic carbocycles. The molecule has 526 valence electrons. The van der Waals surface area contributed by atoms with E-state index in [9.17, 15) is 0 Å². The van der Waals surface area contributed by atoms with Gasteiger partial charge < -0.3 is 66.3 Å². The summed E-state index contributed by atoms with van der Waals surface area (Å²) in [5.41, 5.74) is 0. The Morgan fingerprint density at radius 1 is 0.400 bits per heavy atom. The smallest absolute Gasteiger partial charge is 0.310 e. The number of unbranched alkanes of at least 4 members (excludes halogenated alkanes) is 16. The fourth-order valence-corrected chi connectivity index (χ4v) is 10.5. The molecule has 0 aromatic heterocycles. The van der Waals surface area contributed by atoms with Gasteiger partial charge in [-0.3, -0.25) is 0 Å². The van der Waals surface area contributed by atoms with Crippen LogP contribution in [0.15, 0.2) is 61.1 Å². The monoisotopic (exact) mass is 1280 g/mol. The second-order valence-electron chi connectivity index (χ2n) is 22.8. The summed E-state index contributed by atoms with van der Waals surface area (Å²) in [6, 6.07) is 12.3. The van der Waals surface area contributed by atoms with Crippen molar-refractivity contribution >= 4 is 21.5 Å². The van der Waals surface area contributed by atoms with Gasteiger partial charge in [-0.05, 0) is 116 Å². The first-order valence-electron chi connectivity index (χ1n) is 35.1. The van der Waals surface area contributed by atoms with Gasteiger partial charge in [0.15, 0.2) is 23.1 Å². The van der Waals surface area contributed by atoms with Crippen LogP contribution in [0.1, 0.15) is 256 Å². The zero-order valence-electron chi connectivity index (χ0n) is 61.5. The second-order valence-corrected chi connectivity index (χ2v) is 22.8. The van der Waals surface area contributed by atoms with Crippen LogP contribution >= 0.6 is 0 Å². The van der Waals surface area contributed by atoms with Crippen LogP contribution < -0.4 is 18.9 Å². The number of allylic oxidation sites excluding steroid dienone is 2. The van der Waals surface area contributed by atoms with Gasteiger partial charge in [-0.25, -0.2) is 0 Å². The Hall–Kier alpha value is -3.86. The first kappa shape index (κ1) is 88.2. The van der Waals surface area contributed by atoms with Crippen LogP contribution in [0.25, 0.3) is 21.5 Å². The Kier molecular flexibility index (Phi) is 57.7. The predicted molar refractivity (Wildman–Crippen MR) is 378 cm³/mol. The topological polar surface area (TPSA) is 129 Å². The molecule has 2 unspecified atom stereocenters. The van der Waals surface area contributed by atoms with Gasteiger partial charge in [-0.1, -0.05) is 194 Å². The first-order valence-corrected chi connectivity index (χ1v) is 35.1. The summed E-state index contributed by atoms with van der Waals surface area (Å²) in [7, 11) is 13.3. The van der Waals surface area contributed by atoms with Gasteiger partial charge >= 0.3 is 5.97 Å². The van der Waals surface area contributed by atoms with Gasteiger partial charge in [0, 0.05) is 78.0 Å². The van der Waals surface area contributed by atoms with Crippen molar-refractivity contribution in [2.75, 3.05) is 96.5 Å². The van der Waals surface area contributed by atoms with Crippen LogP contribution in [0.3, 0.4) is 0 Å². The maximum atomic E-state index is 5.92. The minimum Gasteiger partial charge on any atom is -0.502 e. The summed E-state index contributed by atoms with van der Waals surface area (Å²) in [5.74, 6) is 0.850. The molecule has 0 aliphatic heterocycles. The normalized spacial score (nSPS) is 12.3. The van der Waals surface area contributed by atoms with E-state index in [1.807, 2.05) is 65.2 Å². The number of methoxy groups -OCH3 is 8. The molecule has 2 atom stereocenters. The van der Waals surface area contributed by atoms with Gasteiger partial charge in [0.1, 0.15) is 6.10 Å². The van der Waals surface area contributed by atoms with Crippen LogP contribution in [0, 0.1) is 5.92 Å². The van der Waals surface area contributed by atoms with Crippen LogP contribution in [0.4, 0.5) is 0 Å². The highest BCUT2D eigenvalue weighted by Gasteiger charge is 2.43. The van der Waals surface area contributed by atoms with E-state index in [1.165, 1.54) is 116 Å². The molecule has 0 heterocycles. The molecular formula is C76H138O14. The Balaban J connectivity index is 0. The second kappa shape index (κ2) is 58.9. The third-order valence-electron chi connectivity index (χ3n) is 16.0. The number of fused-ring (bicyclic) bond motifs is 2. The summed E-state index contributed by atoms with van der Waals surface area (Å²) in [6.45, 7) is 28.9. The Labute approximate surface area is 552 Å². The van der Waals surface area contributed by atoms with E-state index < -0.39 is 11.8 Å². The molecule has 0 bridgehead atoms. The highest BCUT2D eigenvalue weighted by molar-refractivity contribution is 6.06. The third-order valence-corrected chi connectivity index (χ3v) is 16.0. The largest absolute Gasteiger partial charge is 0.502 e. The molecule has 0 fully saturated rings. The van der Waals surface area contributed by atoms with Crippen LogP contribution in [-0.4, -0.2) is 120 Å². The molecule has 0 N–H and O–H groups in total. The Bertz CT molecular complexity index is 2030. The molecule has 3 aromatic rings. The fraction of sp³-hybridized carbons (Fsp3) is 0.763. The molecule has 0 spiro atoms. The van der Waals surface area contributed by atoms with Crippen molar-refractivity contribution in [2.24, 2.45) is 5.92 Å². The predicted octanol–water partition coefficient (Wildman–Crippen LogP) is 21.5. The summed E-state index contributed by atoms with van der Waals surface area (Å²) >= 11 is 0. The van der Waals surface area contributed by atoms with Crippen molar-refractivity contribution in [1.82, 2.24) is 0 Å². The zero-order valence-corrected chi connectivity index (χ0v) is 61.5. The van der Waals surface area contributed by atoms with Gasteiger partial charge in [0.25, 0.3) is 0 Å². The van der Waals surface area contributed by atoms with E-state index in [1.54, 1.807) is 63.1 Å². The molecule has 14 heteroatoms. The van der Waals surface area contributed by atoms with Crippen molar-refractivity contribution < 1.29 is 66.3 Å². The summed E-state index contributed by atoms with van der Waals surface area (Å²) in [5, 5.41) is 4.11. The average Bonchev–Trinajstić information content (AvgIpc) is 1.22. The van der Waals surface area contributed by atoms with E-state index in [0.29, 0.717) is 55.3 Å². The van der Waals surface area contributed by atoms with E-state index in [0.717, 1.165) is 92.5 Å². The quantitative estimate of drug-likeness (QED) is 0.0230. The number of benzene rings is 3. The fourth-order valence-electron chi connectivity index (χ4n) is 10.5. The summed E-state index contributed by atoms with van der Waals surface area (Å²) < 4.78 is 78.1. The maximum Gasteiger partial charge on any atom is 0.310 e. The molecule has 14 nitrogen and oxygen atoms in total. The van der Waals surface area contributed by atoms with Gasteiger partial charge in [0.05, 0.1) is 54.2 Å². The summed E-state index contributed by atoms with van der Waals surface area (Å²) in [6.07, 6.45) is 40.6. The van der Waals surface area contributed by atoms with Crippen molar-refractivity contribution in [3.63, 3.8) is 0 Å². The van der Waals surface area contributed by atoms with Crippen molar-refractivity contribution in [3.05, 3.63) is 61.1 Å². The summed E-state index contributed by atoms with van der Waals surface area (Å²) in [4.78, 5) is 0. The van der Waals surface area contributed by atoms with Crippen LogP contribution in [-0.2, 0) is 47.4 Å². The standard InChI is InChI=1S/C20H40O3.C18H18O4.C18H38O4.C13H28O2.C7H14O/c1-6-8-10-11-12-13-15-19(20(3,21-4)22-5)16-14-18-23-17-9-7-2;1-19-15-13-9-11-7-5-6-8-12(11)10-14(13)16(20-2)18(22-4)17(15)21-3;1-6-11-12-13-14-15-16-17(19-7-2)18(20-8-3,21-9-4)22-10-5;1-5-6-7-8-9-10-11-12-13(2,14-3)15-4;1-3-5-7-8-6-4-2/h9,17,19H,6-8,10-16,18H2,1-5H3;5-10H,1-4H3;17H,6-16H2,1-5H3;5-12H2,1-4H3;5,7H,3-4,6H2,1-2H3. The Morgan fingerprint density at radius 3 is 1.16 bits per heavy atom. The lowest BCUT2D eigenvalue weighted by Gasteiger charge is -2.38. The number of hydrogen-bond acceptors (Lipinski definition) is 14. The van der Waals surface area contributed by atoms with Gasteiger partial charge in [0.2, 0.25) is 11.5 Å². The lowest BCUT2D eigenvalue weighted by Crippen LogP contribution is -2.51. The molecule has 0 amide bonds. The van der Waals surface area contributed by atoms with Crippen molar-refractivity contribution in [1.29, 1.82) is 0 Å². The first-order chi connectivity index (χ1) is 43.7. The SMILES string of the molecule is CCC=COCCC.CCC=COCCCC(CCCCCCCC)C(C)(OC)OC.CCCCCCCCC(OCC)C(OCC)(OCC)OCC.CCCCCCCCCC(C)(OC)OC.COc1c(OC)c(OC)c2cc3ccccc3cc2c1OC. The molecule has 3 rings (SSSR count). The van der Waals surface area contributed by atoms with Crippen LogP contribution in [0.5, 0.6) is 23.0 Å². The lowest BCUT2D eigenvalue weighted by molar-refractivity contribution is -0.415. The van der Waals surface area contributed by atoms with E-state index in [-0.39, 0.29) is 11.9 Å².